The van der Waals surface area contributed by atoms with Gasteiger partial charge in [-0.15, -0.1) is 11.6 Å². The van der Waals surface area contributed by atoms with Gasteiger partial charge in [-0.25, -0.2) is 4.79 Å². The second-order valence-electron chi connectivity index (χ2n) is 7.06. The average molecular weight is 462 g/mol. The predicted molar refractivity (Wildman–Crippen MR) is 115 cm³/mol. The van der Waals surface area contributed by atoms with Crippen molar-refractivity contribution in [2.75, 3.05) is 6.54 Å². The normalized spacial score (nSPS) is 18.1. The first-order valence-electron chi connectivity index (χ1n) is 9.47. The molecule has 1 aliphatic rings. The third kappa shape index (κ3) is 4.06. The number of amides is 3. The Kier molecular flexibility index (Phi) is 5.79. The first-order valence-corrected chi connectivity index (χ1v) is 10.3. The summed E-state index contributed by atoms with van der Waals surface area (Å²) in [6, 6.07) is 10.3. The van der Waals surface area contributed by atoms with Crippen LogP contribution in [-0.4, -0.2) is 43.5 Å². The highest BCUT2D eigenvalue weighted by Gasteiger charge is 2.50. The molecule has 4 rings (SSSR count). The number of carbonyl (C=O) groups excluding carboxylic acids is 2. The van der Waals surface area contributed by atoms with E-state index in [0.29, 0.717) is 30.0 Å². The van der Waals surface area contributed by atoms with Gasteiger partial charge < -0.3 is 5.32 Å². The zero-order chi connectivity index (χ0) is 22.1. The van der Waals surface area contributed by atoms with Crippen LogP contribution in [0, 0.1) is 10.1 Å². The van der Waals surface area contributed by atoms with Gasteiger partial charge in [-0.2, -0.15) is 5.10 Å². The number of benzene rings is 2. The summed E-state index contributed by atoms with van der Waals surface area (Å²) >= 11 is 12.0. The molecule has 11 heteroatoms. The Morgan fingerprint density at radius 3 is 2.68 bits per heavy atom. The predicted octanol–water partition coefficient (Wildman–Crippen LogP) is 3.89. The van der Waals surface area contributed by atoms with Crippen molar-refractivity contribution in [3.05, 3.63) is 69.4 Å². The monoisotopic (exact) mass is 461 g/mol. The number of aryl methyl sites for hydroxylation is 1. The number of nitrogens with zero attached hydrogens (tertiary/aromatic N) is 4. The van der Waals surface area contributed by atoms with E-state index in [2.05, 4.69) is 10.4 Å². The lowest BCUT2D eigenvalue weighted by molar-refractivity contribution is -0.384. The number of nitro groups is 1. The van der Waals surface area contributed by atoms with E-state index in [1.165, 1.54) is 12.1 Å². The largest absolute Gasteiger partial charge is 0.338 e. The number of halogens is 2. The summed E-state index contributed by atoms with van der Waals surface area (Å²) < 4.78 is 1.65. The Morgan fingerprint density at radius 2 is 1.97 bits per heavy atom. The number of hydrogen-bond donors (Lipinski definition) is 1. The van der Waals surface area contributed by atoms with E-state index in [9.17, 15) is 19.7 Å². The fraction of sp³-hybridized carbons (Fsp3) is 0.250. The van der Waals surface area contributed by atoms with Crippen molar-refractivity contribution in [2.45, 2.75) is 24.4 Å². The standard InChI is InChI=1S/C20H17Cl2N5O4/c21-14-5-2-12(3-6-14)18-17(22)19(28)26(18)20(29)23-8-1-9-25-16-10-15(27(30)31)7-4-13(16)11-24-25/h2-7,10-11,17-18H,1,8-9H2,(H,23,29). The summed E-state index contributed by atoms with van der Waals surface area (Å²) in [6.07, 6.45) is 2.15. The van der Waals surface area contributed by atoms with Crippen LogP contribution in [0.15, 0.2) is 48.7 Å². The Bertz CT molecular complexity index is 1160. The number of urea groups is 1. The topological polar surface area (TPSA) is 110 Å². The molecule has 2 atom stereocenters. The maximum absolute atomic E-state index is 12.5. The number of fused-ring (bicyclic) bond motifs is 1. The molecule has 2 unspecified atom stereocenters. The van der Waals surface area contributed by atoms with Crippen LogP contribution < -0.4 is 5.32 Å². The number of imide groups is 1. The highest BCUT2D eigenvalue weighted by atomic mass is 35.5. The molecule has 160 valence electrons. The van der Waals surface area contributed by atoms with Gasteiger partial charge in [-0.05, 0) is 30.2 Å². The van der Waals surface area contributed by atoms with Crippen molar-refractivity contribution in [3.8, 4) is 0 Å². The van der Waals surface area contributed by atoms with Crippen molar-refractivity contribution < 1.29 is 14.5 Å². The molecular weight excluding hydrogens is 445 g/mol. The molecule has 2 aromatic carbocycles. The fourth-order valence-corrected chi connectivity index (χ4v) is 4.01. The zero-order valence-electron chi connectivity index (χ0n) is 16.1. The van der Waals surface area contributed by atoms with Gasteiger partial charge in [-0.1, -0.05) is 23.7 Å². The third-order valence-electron chi connectivity index (χ3n) is 5.12. The summed E-state index contributed by atoms with van der Waals surface area (Å²) in [7, 11) is 0. The van der Waals surface area contributed by atoms with Crippen molar-refractivity contribution in [1.82, 2.24) is 20.0 Å². The van der Waals surface area contributed by atoms with Crippen LogP contribution in [0.25, 0.3) is 10.9 Å². The van der Waals surface area contributed by atoms with Crippen molar-refractivity contribution >= 4 is 51.7 Å². The van der Waals surface area contributed by atoms with Gasteiger partial charge >= 0.3 is 6.03 Å². The molecule has 0 aliphatic carbocycles. The summed E-state index contributed by atoms with van der Waals surface area (Å²) in [5.74, 6) is -0.454. The number of aromatic nitrogens is 2. The lowest BCUT2D eigenvalue weighted by atomic mass is 9.94. The SMILES string of the molecule is O=C(NCCCn1ncc2ccc([N+](=O)[O-])cc21)N1C(=O)C(Cl)C1c1ccc(Cl)cc1. The Morgan fingerprint density at radius 1 is 1.23 bits per heavy atom. The maximum atomic E-state index is 12.5. The molecule has 9 nitrogen and oxygen atoms in total. The third-order valence-corrected chi connectivity index (χ3v) is 5.80. The van der Waals surface area contributed by atoms with Gasteiger partial charge in [-0.3, -0.25) is 24.5 Å². The fourth-order valence-electron chi connectivity index (χ4n) is 3.52. The number of hydrogen-bond acceptors (Lipinski definition) is 5. The van der Waals surface area contributed by atoms with Gasteiger partial charge in [0, 0.05) is 35.6 Å². The van der Waals surface area contributed by atoms with Gasteiger partial charge in [0.2, 0.25) is 0 Å². The molecule has 1 aromatic heterocycles. The number of carbonyl (C=O) groups is 2. The number of nitrogens with one attached hydrogen (secondary N) is 1. The highest BCUT2D eigenvalue weighted by molar-refractivity contribution is 6.35. The molecule has 0 radical (unpaired) electrons. The Balaban J connectivity index is 1.35. The molecule has 31 heavy (non-hydrogen) atoms. The quantitative estimate of drug-likeness (QED) is 0.197. The summed E-state index contributed by atoms with van der Waals surface area (Å²) in [6.45, 7) is 0.733. The summed E-state index contributed by atoms with van der Waals surface area (Å²) in [5, 5.41) is 18.5. The van der Waals surface area contributed by atoms with Crippen LogP contribution in [0.1, 0.15) is 18.0 Å². The van der Waals surface area contributed by atoms with Crippen LogP contribution >= 0.6 is 23.2 Å². The number of rotatable bonds is 6. The number of non-ortho nitro benzene ring substituents is 1. The van der Waals surface area contributed by atoms with Gasteiger partial charge in [0.15, 0.2) is 0 Å². The van der Waals surface area contributed by atoms with Crippen LogP contribution in [-0.2, 0) is 11.3 Å². The average Bonchev–Trinajstić information content (AvgIpc) is 3.17. The molecule has 2 heterocycles. The molecular formula is C20H17Cl2N5O4. The molecule has 1 N–H and O–H groups in total. The van der Waals surface area contributed by atoms with Gasteiger partial charge in [0.05, 0.1) is 22.7 Å². The van der Waals surface area contributed by atoms with E-state index in [1.54, 1.807) is 41.2 Å². The number of nitro benzene ring substituents is 1. The lowest BCUT2D eigenvalue weighted by Crippen LogP contribution is -2.61. The molecule has 3 amide bonds. The smallest absolute Gasteiger partial charge is 0.324 e. The summed E-state index contributed by atoms with van der Waals surface area (Å²) in [5.41, 5.74) is 1.36. The van der Waals surface area contributed by atoms with Crippen molar-refractivity contribution in [1.29, 1.82) is 0 Å². The van der Waals surface area contributed by atoms with Crippen LogP contribution in [0.4, 0.5) is 10.5 Å². The van der Waals surface area contributed by atoms with E-state index in [1.807, 2.05) is 0 Å². The number of alkyl halides is 1. The van der Waals surface area contributed by atoms with Crippen LogP contribution in [0.3, 0.4) is 0 Å². The van der Waals surface area contributed by atoms with Gasteiger partial charge in [0.1, 0.15) is 5.38 Å². The van der Waals surface area contributed by atoms with E-state index in [0.717, 1.165) is 15.8 Å². The van der Waals surface area contributed by atoms with Crippen LogP contribution in [0.5, 0.6) is 0 Å². The minimum atomic E-state index is -0.807. The van der Waals surface area contributed by atoms with Gasteiger partial charge in [0.25, 0.3) is 11.6 Å². The molecule has 0 bridgehead atoms. The number of likely N-dealkylation sites (tertiary alicyclic amines) is 1. The molecule has 1 aliphatic heterocycles. The maximum Gasteiger partial charge on any atom is 0.324 e. The lowest BCUT2D eigenvalue weighted by Gasteiger charge is -2.42. The van der Waals surface area contributed by atoms with E-state index < -0.39 is 28.3 Å². The summed E-state index contributed by atoms with van der Waals surface area (Å²) in [4.78, 5) is 36.3. The second kappa shape index (κ2) is 8.52. The highest BCUT2D eigenvalue weighted by Crippen LogP contribution is 2.38. The first kappa shape index (κ1) is 21.1. The van der Waals surface area contributed by atoms with E-state index in [-0.39, 0.29) is 5.69 Å². The molecule has 0 spiro atoms. The molecule has 3 aromatic rings. The van der Waals surface area contributed by atoms with Crippen molar-refractivity contribution in [3.63, 3.8) is 0 Å². The van der Waals surface area contributed by atoms with Crippen molar-refractivity contribution in [2.24, 2.45) is 0 Å². The Labute approximate surface area is 186 Å². The molecule has 0 saturated carbocycles. The van der Waals surface area contributed by atoms with E-state index in [4.69, 9.17) is 23.2 Å². The minimum Gasteiger partial charge on any atom is -0.338 e. The minimum absolute atomic E-state index is 0.0114. The zero-order valence-corrected chi connectivity index (χ0v) is 17.6. The second-order valence-corrected chi connectivity index (χ2v) is 7.97. The molecule has 1 saturated heterocycles. The number of β-lactam (4-membered cyclic amide) rings is 1. The Hall–Kier alpha value is -3.17. The molecule has 1 fully saturated rings. The first-order chi connectivity index (χ1) is 14.9. The van der Waals surface area contributed by atoms with Crippen LogP contribution in [0.2, 0.25) is 5.02 Å². The van der Waals surface area contributed by atoms with E-state index >= 15 is 0 Å².